The molecule has 0 saturated heterocycles. The van der Waals surface area contributed by atoms with Crippen molar-refractivity contribution in [1.82, 2.24) is 9.55 Å². The van der Waals surface area contributed by atoms with Crippen LogP contribution >= 0.6 is 0 Å². The lowest BCUT2D eigenvalue weighted by Crippen LogP contribution is -2.24. The number of nitrogens with zero attached hydrogens (tertiary/aromatic N) is 4. The largest absolute Gasteiger partial charge is 0.324 e. The van der Waals surface area contributed by atoms with E-state index in [1.54, 1.807) is 19.1 Å². The molecule has 0 aliphatic rings. The van der Waals surface area contributed by atoms with Crippen LogP contribution in [0, 0.1) is 22.7 Å². The smallest absolute Gasteiger partial charge is 0.247 e. The Morgan fingerprint density at radius 2 is 2.00 bits per heavy atom. The van der Waals surface area contributed by atoms with Gasteiger partial charge in [-0.2, -0.15) is 10.5 Å². The molecule has 0 fully saturated rings. The highest BCUT2D eigenvalue weighted by Crippen LogP contribution is 2.15. The van der Waals surface area contributed by atoms with E-state index >= 15 is 0 Å². The van der Waals surface area contributed by atoms with Crippen LogP contribution in [0.5, 0.6) is 0 Å². The molecule has 0 aliphatic carbocycles. The summed E-state index contributed by atoms with van der Waals surface area (Å²) in [6.45, 7) is 1.64. The van der Waals surface area contributed by atoms with Gasteiger partial charge in [-0.15, -0.1) is 0 Å². The Labute approximate surface area is 115 Å². The zero-order valence-corrected chi connectivity index (χ0v) is 10.7. The molecule has 1 unspecified atom stereocenters. The minimum absolute atomic E-state index is 0.0202. The van der Waals surface area contributed by atoms with Gasteiger partial charge in [-0.25, -0.2) is 4.98 Å². The van der Waals surface area contributed by atoms with Crippen LogP contribution in [0.3, 0.4) is 0 Å². The molecular weight excluding hydrogens is 254 g/mol. The summed E-state index contributed by atoms with van der Waals surface area (Å²) in [5.41, 5.74) is 0.776. The molecule has 1 heterocycles. The number of anilines is 1. The van der Waals surface area contributed by atoms with E-state index in [1.807, 2.05) is 30.3 Å². The molecule has 0 spiro atoms. The number of rotatable bonds is 3. The second-order valence-corrected chi connectivity index (χ2v) is 4.10. The molecule has 20 heavy (non-hydrogen) atoms. The Balaban J connectivity index is 2.22. The molecule has 0 radical (unpaired) electrons. The van der Waals surface area contributed by atoms with Crippen molar-refractivity contribution in [2.45, 2.75) is 13.0 Å². The number of nitriles is 2. The maximum atomic E-state index is 12.1. The summed E-state index contributed by atoms with van der Waals surface area (Å²) in [4.78, 5) is 15.9. The Morgan fingerprint density at radius 1 is 1.30 bits per heavy atom. The molecule has 2 aromatic rings. The van der Waals surface area contributed by atoms with Crippen molar-refractivity contribution in [3.8, 4) is 12.1 Å². The SMILES string of the molecule is CC(C(=O)Nc1ccccc1)n1cnc(C#N)c1C#N. The van der Waals surface area contributed by atoms with E-state index in [0.717, 1.165) is 0 Å². The number of hydrogen-bond acceptors (Lipinski definition) is 4. The van der Waals surface area contributed by atoms with Gasteiger partial charge in [0.25, 0.3) is 0 Å². The van der Waals surface area contributed by atoms with Crippen LogP contribution in [0.15, 0.2) is 36.7 Å². The Hall–Kier alpha value is -3.12. The average Bonchev–Trinajstić information content (AvgIpc) is 2.90. The number of carbonyl (C=O) groups is 1. The summed E-state index contributed by atoms with van der Waals surface area (Å²) in [5, 5.41) is 20.6. The fourth-order valence-electron chi connectivity index (χ4n) is 1.74. The van der Waals surface area contributed by atoms with Gasteiger partial charge in [-0.3, -0.25) is 4.79 Å². The second kappa shape index (κ2) is 5.68. The topological polar surface area (TPSA) is 94.5 Å². The van der Waals surface area contributed by atoms with Gasteiger partial charge in [0, 0.05) is 5.69 Å². The number of para-hydroxylation sites is 1. The quantitative estimate of drug-likeness (QED) is 0.915. The predicted molar refractivity (Wildman–Crippen MR) is 71.4 cm³/mol. The Kier molecular flexibility index (Phi) is 3.78. The van der Waals surface area contributed by atoms with Gasteiger partial charge >= 0.3 is 0 Å². The van der Waals surface area contributed by atoms with Gasteiger partial charge in [-0.05, 0) is 19.1 Å². The van der Waals surface area contributed by atoms with Crippen molar-refractivity contribution < 1.29 is 4.79 Å². The summed E-state index contributed by atoms with van der Waals surface area (Å²) in [6.07, 6.45) is 1.33. The van der Waals surface area contributed by atoms with Gasteiger partial charge in [0.1, 0.15) is 18.2 Å². The van der Waals surface area contributed by atoms with E-state index in [9.17, 15) is 4.79 Å². The number of imidazole rings is 1. The zero-order valence-electron chi connectivity index (χ0n) is 10.7. The third-order valence-corrected chi connectivity index (χ3v) is 2.84. The van der Waals surface area contributed by atoms with Crippen LogP contribution in [-0.2, 0) is 4.79 Å². The van der Waals surface area contributed by atoms with Crippen LogP contribution in [0.1, 0.15) is 24.4 Å². The van der Waals surface area contributed by atoms with Crippen molar-refractivity contribution in [2.75, 3.05) is 5.32 Å². The molecule has 0 aliphatic heterocycles. The van der Waals surface area contributed by atoms with Gasteiger partial charge in [0.15, 0.2) is 11.4 Å². The first-order valence-corrected chi connectivity index (χ1v) is 5.90. The van der Waals surface area contributed by atoms with Crippen molar-refractivity contribution in [3.63, 3.8) is 0 Å². The molecule has 6 heteroatoms. The van der Waals surface area contributed by atoms with E-state index in [1.165, 1.54) is 10.9 Å². The van der Waals surface area contributed by atoms with E-state index < -0.39 is 6.04 Å². The third kappa shape index (κ3) is 2.50. The molecule has 1 amide bonds. The fraction of sp³-hybridized carbons (Fsp3) is 0.143. The first-order valence-electron chi connectivity index (χ1n) is 5.90. The van der Waals surface area contributed by atoms with Gasteiger partial charge in [-0.1, -0.05) is 18.2 Å². The lowest BCUT2D eigenvalue weighted by atomic mass is 10.2. The second-order valence-electron chi connectivity index (χ2n) is 4.10. The van der Waals surface area contributed by atoms with Crippen molar-refractivity contribution in [2.24, 2.45) is 0 Å². The molecule has 6 nitrogen and oxygen atoms in total. The molecule has 1 N–H and O–H groups in total. The summed E-state index contributed by atoms with van der Waals surface area (Å²) in [5.74, 6) is -0.283. The first-order chi connectivity index (χ1) is 9.67. The van der Waals surface area contributed by atoms with Crippen LogP contribution in [-0.4, -0.2) is 15.5 Å². The minimum Gasteiger partial charge on any atom is -0.324 e. The van der Waals surface area contributed by atoms with Crippen molar-refractivity contribution >= 4 is 11.6 Å². The highest BCUT2D eigenvalue weighted by molar-refractivity contribution is 5.93. The number of benzene rings is 1. The van der Waals surface area contributed by atoms with Crippen molar-refractivity contribution in [3.05, 3.63) is 48.0 Å². The molecule has 1 aromatic carbocycles. The van der Waals surface area contributed by atoms with Gasteiger partial charge in [0.2, 0.25) is 5.91 Å². The fourth-order valence-corrected chi connectivity index (χ4v) is 1.74. The van der Waals surface area contributed by atoms with E-state index in [0.29, 0.717) is 5.69 Å². The van der Waals surface area contributed by atoms with Crippen LogP contribution in [0.25, 0.3) is 0 Å². The van der Waals surface area contributed by atoms with E-state index in [4.69, 9.17) is 10.5 Å². The number of amides is 1. The monoisotopic (exact) mass is 265 g/mol. The molecule has 2 rings (SSSR count). The number of carbonyl (C=O) groups excluding carboxylic acids is 1. The van der Waals surface area contributed by atoms with Gasteiger partial charge < -0.3 is 9.88 Å². The van der Waals surface area contributed by atoms with Crippen LogP contribution in [0.2, 0.25) is 0 Å². The minimum atomic E-state index is -0.639. The number of nitrogens with one attached hydrogen (secondary N) is 1. The number of hydrogen-bond donors (Lipinski definition) is 1. The molecule has 0 bridgehead atoms. The Bertz CT molecular complexity index is 705. The Morgan fingerprint density at radius 3 is 2.60 bits per heavy atom. The standard InChI is InChI=1S/C14H11N5O/c1-10(14(20)18-11-5-3-2-4-6-11)19-9-17-12(7-15)13(19)8-16/h2-6,9-10H,1H3,(H,18,20). The molecule has 1 aromatic heterocycles. The summed E-state index contributed by atoms with van der Waals surface area (Å²) >= 11 is 0. The zero-order chi connectivity index (χ0) is 14.5. The normalized spacial score (nSPS) is 11.2. The van der Waals surface area contributed by atoms with E-state index in [-0.39, 0.29) is 17.3 Å². The summed E-state index contributed by atoms with van der Waals surface area (Å²) < 4.78 is 1.39. The lowest BCUT2D eigenvalue weighted by Gasteiger charge is -2.14. The third-order valence-electron chi connectivity index (χ3n) is 2.84. The molecular formula is C14H11N5O. The lowest BCUT2D eigenvalue weighted by molar-refractivity contribution is -0.118. The summed E-state index contributed by atoms with van der Waals surface area (Å²) in [6, 6.07) is 12.1. The average molecular weight is 265 g/mol. The predicted octanol–water partition coefficient (Wildman–Crippen LogP) is 1.83. The van der Waals surface area contributed by atoms with E-state index in [2.05, 4.69) is 10.3 Å². The highest BCUT2D eigenvalue weighted by atomic mass is 16.2. The molecule has 98 valence electrons. The summed E-state index contributed by atoms with van der Waals surface area (Å²) in [7, 11) is 0. The number of aromatic nitrogens is 2. The highest BCUT2D eigenvalue weighted by Gasteiger charge is 2.20. The molecule has 0 saturated carbocycles. The maximum absolute atomic E-state index is 12.1. The van der Waals surface area contributed by atoms with Crippen LogP contribution < -0.4 is 5.32 Å². The maximum Gasteiger partial charge on any atom is 0.247 e. The van der Waals surface area contributed by atoms with Gasteiger partial charge in [0.05, 0.1) is 6.33 Å². The molecule has 1 atom stereocenters. The first kappa shape index (κ1) is 13.3. The van der Waals surface area contributed by atoms with Crippen molar-refractivity contribution in [1.29, 1.82) is 10.5 Å². The van der Waals surface area contributed by atoms with Crippen LogP contribution in [0.4, 0.5) is 5.69 Å².